The molecule has 0 spiro atoms. The number of carbonyl (C=O) groups excluding carboxylic acids is 1. The number of nitrogens with one attached hydrogen (secondary N) is 1. The average Bonchev–Trinajstić information content (AvgIpc) is 3.10. The van der Waals surface area contributed by atoms with Crippen LogP contribution >= 0.6 is 22.7 Å². The molecule has 0 unspecified atom stereocenters. The molecule has 2 aromatic heterocycles. The van der Waals surface area contributed by atoms with Gasteiger partial charge in [0.15, 0.2) is 5.43 Å². The summed E-state index contributed by atoms with van der Waals surface area (Å²) >= 11 is 2.97. The van der Waals surface area contributed by atoms with Gasteiger partial charge in [0.05, 0.1) is 4.88 Å². The Hall–Kier alpha value is -2.50. The smallest absolute Gasteiger partial charge is 0.265 e. The Kier molecular flexibility index (Phi) is 3.44. The number of benzene rings is 2. The first-order chi connectivity index (χ1) is 11.2. The van der Waals surface area contributed by atoms with Crippen LogP contribution in [0.4, 0.5) is 5.69 Å². The van der Waals surface area contributed by atoms with E-state index in [4.69, 9.17) is 0 Å². The van der Waals surface area contributed by atoms with Gasteiger partial charge < -0.3 is 5.32 Å². The zero-order valence-corrected chi connectivity index (χ0v) is 13.5. The molecule has 0 aliphatic carbocycles. The molecule has 0 saturated heterocycles. The van der Waals surface area contributed by atoms with Gasteiger partial charge >= 0.3 is 0 Å². The third-order valence-electron chi connectivity index (χ3n) is 3.58. The van der Waals surface area contributed by atoms with Crippen molar-refractivity contribution < 1.29 is 4.79 Å². The third kappa shape index (κ3) is 2.54. The minimum atomic E-state index is -0.156. The van der Waals surface area contributed by atoms with Gasteiger partial charge in [0, 0.05) is 25.9 Å². The highest BCUT2D eigenvalue weighted by Gasteiger charge is 2.10. The predicted octanol–water partition coefficient (Wildman–Crippen LogP) is 4.73. The largest absolute Gasteiger partial charge is 0.321 e. The van der Waals surface area contributed by atoms with Crippen LogP contribution in [0.1, 0.15) is 9.67 Å². The van der Waals surface area contributed by atoms with Crippen molar-refractivity contribution in [3.8, 4) is 0 Å². The van der Waals surface area contributed by atoms with Crippen LogP contribution in [0.25, 0.3) is 20.2 Å². The molecule has 0 atom stereocenters. The number of hydrogen-bond donors (Lipinski definition) is 1. The normalized spacial score (nSPS) is 11.0. The van der Waals surface area contributed by atoms with Gasteiger partial charge in [-0.05, 0) is 41.8 Å². The van der Waals surface area contributed by atoms with E-state index in [9.17, 15) is 9.59 Å². The summed E-state index contributed by atoms with van der Waals surface area (Å²) in [5, 5.41) is 6.06. The van der Waals surface area contributed by atoms with Crippen molar-refractivity contribution in [2.45, 2.75) is 0 Å². The lowest BCUT2D eigenvalue weighted by Crippen LogP contribution is -2.10. The van der Waals surface area contributed by atoms with Gasteiger partial charge in [-0.1, -0.05) is 18.2 Å². The number of thiophene rings is 1. The van der Waals surface area contributed by atoms with Crippen molar-refractivity contribution in [2.24, 2.45) is 0 Å². The van der Waals surface area contributed by atoms with E-state index in [1.165, 1.54) is 11.3 Å². The molecular formula is C18H11NO2S2. The molecule has 112 valence electrons. The molecule has 0 bridgehead atoms. The molecule has 2 heterocycles. The summed E-state index contributed by atoms with van der Waals surface area (Å²) in [4.78, 5) is 25.4. The fourth-order valence-electron chi connectivity index (χ4n) is 2.48. The van der Waals surface area contributed by atoms with E-state index in [1.807, 2.05) is 47.8 Å². The molecule has 0 aliphatic rings. The molecule has 5 heteroatoms. The van der Waals surface area contributed by atoms with E-state index in [-0.39, 0.29) is 11.3 Å². The van der Waals surface area contributed by atoms with E-state index in [2.05, 4.69) is 5.32 Å². The molecule has 4 aromatic rings. The predicted molar refractivity (Wildman–Crippen MR) is 97.9 cm³/mol. The van der Waals surface area contributed by atoms with Gasteiger partial charge in [0.25, 0.3) is 5.91 Å². The molecular weight excluding hydrogens is 326 g/mol. The van der Waals surface area contributed by atoms with Crippen LogP contribution in [0.2, 0.25) is 0 Å². The molecule has 0 saturated carbocycles. The minimum absolute atomic E-state index is 0.00146. The maximum atomic E-state index is 12.7. The first kappa shape index (κ1) is 14.1. The standard InChI is InChI=1S/C18H11NO2S2/c20-17-12-4-1-2-5-14(12)23-15-8-7-11(10-13(15)17)19-18(21)16-6-3-9-22-16/h1-10H,(H,19,21). The molecule has 0 radical (unpaired) electrons. The summed E-state index contributed by atoms with van der Waals surface area (Å²) < 4.78 is 1.89. The van der Waals surface area contributed by atoms with Crippen molar-refractivity contribution in [1.29, 1.82) is 0 Å². The highest BCUT2D eigenvalue weighted by molar-refractivity contribution is 7.24. The third-order valence-corrected chi connectivity index (χ3v) is 5.60. The maximum Gasteiger partial charge on any atom is 0.265 e. The molecule has 23 heavy (non-hydrogen) atoms. The molecule has 1 amide bonds. The Bertz CT molecular complexity index is 1080. The Morgan fingerprint density at radius 2 is 1.74 bits per heavy atom. The van der Waals surface area contributed by atoms with E-state index in [1.54, 1.807) is 23.5 Å². The van der Waals surface area contributed by atoms with Crippen LogP contribution in [0.3, 0.4) is 0 Å². The number of hydrogen-bond acceptors (Lipinski definition) is 4. The van der Waals surface area contributed by atoms with E-state index in [0.717, 1.165) is 9.40 Å². The highest BCUT2D eigenvalue weighted by Crippen LogP contribution is 2.26. The maximum absolute atomic E-state index is 12.7. The first-order valence-corrected chi connectivity index (χ1v) is 8.72. The van der Waals surface area contributed by atoms with Gasteiger partial charge in [-0.25, -0.2) is 0 Å². The highest BCUT2D eigenvalue weighted by atomic mass is 32.1. The van der Waals surface area contributed by atoms with Crippen molar-refractivity contribution in [1.82, 2.24) is 0 Å². The number of rotatable bonds is 2. The van der Waals surface area contributed by atoms with Gasteiger partial charge in [0.2, 0.25) is 0 Å². The monoisotopic (exact) mass is 337 g/mol. The SMILES string of the molecule is O=C(Nc1ccc2sc3ccccc3c(=O)c2c1)c1cccs1. The van der Waals surface area contributed by atoms with Crippen molar-refractivity contribution in [3.05, 3.63) is 75.1 Å². The molecule has 0 fully saturated rings. The van der Waals surface area contributed by atoms with Crippen LogP contribution in [-0.4, -0.2) is 5.91 Å². The average molecular weight is 337 g/mol. The van der Waals surface area contributed by atoms with Gasteiger partial charge in [0.1, 0.15) is 0 Å². The molecule has 2 aromatic carbocycles. The van der Waals surface area contributed by atoms with E-state index >= 15 is 0 Å². The van der Waals surface area contributed by atoms with E-state index in [0.29, 0.717) is 21.3 Å². The summed E-state index contributed by atoms with van der Waals surface area (Å²) in [5.74, 6) is -0.156. The lowest BCUT2D eigenvalue weighted by molar-refractivity contribution is 0.103. The van der Waals surface area contributed by atoms with Crippen LogP contribution in [0.15, 0.2) is 64.8 Å². The lowest BCUT2D eigenvalue weighted by atomic mass is 10.1. The zero-order chi connectivity index (χ0) is 15.8. The van der Waals surface area contributed by atoms with Crippen LogP contribution in [-0.2, 0) is 0 Å². The summed E-state index contributed by atoms with van der Waals surface area (Å²) in [6.45, 7) is 0. The van der Waals surface area contributed by atoms with Crippen molar-refractivity contribution >= 4 is 54.4 Å². The zero-order valence-electron chi connectivity index (χ0n) is 11.9. The second kappa shape index (κ2) is 5.61. The van der Waals surface area contributed by atoms with Crippen molar-refractivity contribution in [2.75, 3.05) is 5.32 Å². The van der Waals surface area contributed by atoms with Crippen molar-refractivity contribution in [3.63, 3.8) is 0 Å². The van der Waals surface area contributed by atoms with Crippen LogP contribution < -0.4 is 10.7 Å². The van der Waals surface area contributed by atoms with Crippen LogP contribution in [0, 0.1) is 0 Å². The second-order valence-electron chi connectivity index (χ2n) is 5.07. The van der Waals surface area contributed by atoms with Gasteiger partial charge in [-0.15, -0.1) is 22.7 Å². The quantitative estimate of drug-likeness (QED) is 0.538. The fourth-order valence-corrected chi connectivity index (χ4v) is 4.15. The second-order valence-corrected chi connectivity index (χ2v) is 7.10. The molecule has 1 N–H and O–H groups in total. The summed E-state index contributed by atoms with van der Waals surface area (Å²) in [5.41, 5.74) is 0.636. The summed E-state index contributed by atoms with van der Waals surface area (Å²) in [6.07, 6.45) is 0. The summed E-state index contributed by atoms with van der Waals surface area (Å²) in [6, 6.07) is 16.7. The Labute approximate surface area is 139 Å². The lowest BCUT2D eigenvalue weighted by Gasteiger charge is -2.06. The summed E-state index contributed by atoms with van der Waals surface area (Å²) in [7, 11) is 0. The van der Waals surface area contributed by atoms with Gasteiger partial charge in [-0.3, -0.25) is 9.59 Å². The fraction of sp³-hybridized carbons (Fsp3) is 0. The molecule has 4 rings (SSSR count). The minimum Gasteiger partial charge on any atom is -0.321 e. The topological polar surface area (TPSA) is 46.2 Å². The number of carbonyl (C=O) groups is 1. The van der Waals surface area contributed by atoms with Gasteiger partial charge in [-0.2, -0.15) is 0 Å². The molecule has 0 aliphatic heterocycles. The Morgan fingerprint density at radius 1 is 0.913 bits per heavy atom. The molecule has 3 nitrogen and oxygen atoms in total. The first-order valence-electron chi connectivity index (χ1n) is 7.03. The number of fused-ring (bicyclic) bond motifs is 2. The Balaban J connectivity index is 1.81. The van der Waals surface area contributed by atoms with Crippen LogP contribution in [0.5, 0.6) is 0 Å². The number of anilines is 1. The number of amides is 1. The Morgan fingerprint density at radius 3 is 2.57 bits per heavy atom. The van der Waals surface area contributed by atoms with E-state index < -0.39 is 0 Å².